The van der Waals surface area contributed by atoms with Gasteiger partial charge in [0.05, 0.1) is 19.1 Å². The predicted octanol–water partition coefficient (Wildman–Crippen LogP) is 2.34. The summed E-state index contributed by atoms with van der Waals surface area (Å²) in [5.74, 6) is -0.325. The van der Waals surface area contributed by atoms with E-state index in [9.17, 15) is 14.4 Å². The van der Waals surface area contributed by atoms with Gasteiger partial charge >= 0.3 is 11.9 Å². The molecule has 7 nitrogen and oxygen atoms in total. The van der Waals surface area contributed by atoms with Gasteiger partial charge in [0.2, 0.25) is 0 Å². The zero-order valence-corrected chi connectivity index (χ0v) is 18.4. The number of hydrogen-bond donors (Lipinski definition) is 0. The minimum atomic E-state index is -0.601. The van der Waals surface area contributed by atoms with Crippen molar-refractivity contribution in [3.05, 3.63) is 0 Å². The number of epoxide rings is 2. The van der Waals surface area contributed by atoms with Crippen LogP contribution in [0, 0.1) is 28.6 Å². The quantitative estimate of drug-likeness (QED) is 0.465. The molecule has 3 aliphatic heterocycles. The number of carbonyl (C=O) groups is 3. The Morgan fingerprint density at radius 3 is 2.58 bits per heavy atom. The van der Waals surface area contributed by atoms with E-state index >= 15 is 0 Å². The maximum atomic E-state index is 13.2. The Bertz CT molecular complexity index is 946. The molecule has 0 N–H and O–H groups in total. The maximum absolute atomic E-state index is 13.2. The van der Waals surface area contributed by atoms with Crippen molar-refractivity contribution in [3.8, 4) is 0 Å². The number of rotatable bonds is 1. The van der Waals surface area contributed by atoms with Crippen LogP contribution in [0.15, 0.2) is 0 Å². The van der Waals surface area contributed by atoms with Crippen molar-refractivity contribution >= 4 is 17.7 Å². The largest absolute Gasteiger partial charge is 0.469 e. The average molecular weight is 430 g/mol. The van der Waals surface area contributed by atoms with E-state index in [0.717, 1.165) is 32.1 Å². The molecule has 0 bridgehead atoms. The number of hydrogen-bond acceptors (Lipinski definition) is 7. The van der Waals surface area contributed by atoms with Crippen molar-refractivity contribution in [1.29, 1.82) is 0 Å². The van der Waals surface area contributed by atoms with Crippen LogP contribution in [0.5, 0.6) is 0 Å². The molecule has 0 aromatic carbocycles. The predicted molar refractivity (Wildman–Crippen MR) is 105 cm³/mol. The van der Waals surface area contributed by atoms with Crippen LogP contribution in [-0.2, 0) is 33.3 Å². The Hall–Kier alpha value is -1.47. The Morgan fingerprint density at radius 1 is 1.06 bits per heavy atom. The lowest BCUT2D eigenvalue weighted by molar-refractivity contribution is -0.184. The van der Waals surface area contributed by atoms with Crippen LogP contribution in [-0.4, -0.2) is 53.8 Å². The average Bonchev–Trinajstić information content (AvgIpc) is 3.59. The first kappa shape index (κ1) is 19.0. The van der Waals surface area contributed by atoms with Crippen LogP contribution in [0.3, 0.4) is 0 Å². The second-order valence-corrected chi connectivity index (χ2v) is 11.7. The first-order valence-corrected chi connectivity index (χ1v) is 11.9. The highest BCUT2D eigenvalue weighted by Gasteiger charge is 2.91. The molecule has 0 amide bonds. The molecule has 4 aliphatic carbocycles. The summed E-state index contributed by atoms with van der Waals surface area (Å²) < 4.78 is 24.2. The second kappa shape index (κ2) is 5.19. The molecule has 4 saturated carbocycles. The van der Waals surface area contributed by atoms with E-state index in [4.69, 9.17) is 18.9 Å². The topological polar surface area (TPSA) is 94.7 Å². The molecule has 0 radical (unpaired) electrons. The summed E-state index contributed by atoms with van der Waals surface area (Å²) >= 11 is 0. The molecule has 7 rings (SSSR count). The van der Waals surface area contributed by atoms with E-state index in [1.54, 1.807) is 0 Å². The van der Waals surface area contributed by atoms with E-state index in [0.29, 0.717) is 19.3 Å². The van der Waals surface area contributed by atoms with E-state index in [2.05, 4.69) is 13.8 Å². The number of carbonyl (C=O) groups excluding carboxylic acids is 3. The first-order chi connectivity index (χ1) is 14.7. The van der Waals surface area contributed by atoms with E-state index in [-0.39, 0.29) is 52.4 Å². The van der Waals surface area contributed by atoms with Crippen LogP contribution < -0.4 is 0 Å². The van der Waals surface area contributed by atoms with Gasteiger partial charge in [0, 0.05) is 29.6 Å². The van der Waals surface area contributed by atoms with Gasteiger partial charge in [-0.05, 0) is 44.4 Å². The van der Waals surface area contributed by atoms with E-state index in [1.807, 2.05) is 0 Å². The highest BCUT2D eigenvalue weighted by Crippen LogP contribution is 2.82. The number of Topliss-reactive ketones (excluding diaryl/α,β-unsaturated/α-hetero) is 1. The lowest BCUT2D eigenvalue weighted by atomic mass is 9.41. The summed E-state index contributed by atoms with van der Waals surface area (Å²) in [4.78, 5) is 37.9. The third-order valence-corrected chi connectivity index (χ3v) is 11.2. The lowest BCUT2D eigenvalue weighted by Crippen LogP contribution is -2.68. The molecule has 3 heterocycles. The van der Waals surface area contributed by atoms with Crippen LogP contribution in [0.1, 0.15) is 65.2 Å². The molecule has 3 spiro atoms. The molecule has 10 atom stereocenters. The van der Waals surface area contributed by atoms with Crippen LogP contribution in [0.2, 0.25) is 0 Å². The fourth-order valence-electron chi connectivity index (χ4n) is 9.63. The summed E-state index contributed by atoms with van der Waals surface area (Å²) in [7, 11) is 1.44. The summed E-state index contributed by atoms with van der Waals surface area (Å²) in [5, 5.41) is 0. The number of methoxy groups -OCH3 is 1. The van der Waals surface area contributed by atoms with Crippen molar-refractivity contribution in [2.75, 3.05) is 7.11 Å². The molecule has 168 valence electrons. The van der Waals surface area contributed by atoms with Gasteiger partial charge in [-0.3, -0.25) is 14.4 Å². The Labute approximate surface area is 181 Å². The minimum absolute atomic E-state index is 0.000380. The van der Waals surface area contributed by atoms with E-state index < -0.39 is 22.9 Å². The van der Waals surface area contributed by atoms with Gasteiger partial charge in [-0.15, -0.1) is 0 Å². The smallest absolute Gasteiger partial charge is 0.309 e. The van der Waals surface area contributed by atoms with Crippen molar-refractivity contribution in [2.24, 2.45) is 28.6 Å². The van der Waals surface area contributed by atoms with Crippen LogP contribution in [0.25, 0.3) is 0 Å². The molecule has 3 saturated heterocycles. The second-order valence-electron chi connectivity index (χ2n) is 11.7. The van der Waals surface area contributed by atoms with Crippen molar-refractivity contribution in [1.82, 2.24) is 0 Å². The molecular weight excluding hydrogens is 400 g/mol. The minimum Gasteiger partial charge on any atom is -0.469 e. The Kier molecular flexibility index (Phi) is 3.19. The number of fused-ring (bicyclic) bond motifs is 3. The van der Waals surface area contributed by atoms with E-state index in [1.165, 1.54) is 7.11 Å². The summed E-state index contributed by atoms with van der Waals surface area (Å²) in [6, 6.07) is 0. The monoisotopic (exact) mass is 430 g/mol. The Morgan fingerprint density at radius 2 is 1.87 bits per heavy atom. The maximum Gasteiger partial charge on any atom is 0.309 e. The lowest BCUT2D eigenvalue weighted by Gasteiger charge is -2.59. The SMILES string of the molecule is COC(=O)C1CC23O[C@@H]2C(=O)CC[C@]3(C)[C@@]23O[C@@H]2C[C@@]2(C)C(CC[C@@]24CCC(=O)O4)C13. The van der Waals surface area contributed by atoms with Gasteiger partial charge in [0.25, 0.3) is 0 Å². The van der Waals surface area contributed by atoms with Gasteiger partial charge in [0.15, 0.2) is 5.78 Å². The zero-order valence-electron chi connectivity index (χ0n) is 18.4. The van der Waals surface area contributed by atoms with Crippen molar-refractivity contribution in [2.45, 2.75) is 94.2 Å². The number of esters is 2. The fourth-order valence-corrected chi connectivity index (χ4v) is 9.63. The fraction of sp³-hybridized carbons (Fsp3) is 0.875. The molecule has 7 aliphatic rings. The normalized spacial score (nSPS) is 60.3. The van der Waals surface area contributed by atoms with Crippen molar-refractivity contribution < 1.29 is 33.3 Å². The summed E-state index contributed by atoms with van der Waals surface area (Å²) in [6.45, 7) is 4.50. The van der Waals surface area contributed by atoms with Gasteiger partial charge in [0.1, 0.15) is 22.9 Å². The molecule has 4 unspecified atom stereocenters. The first-order valence-electron chi connectivity index (χ1n) is 11.9. The third kappa shape index (κ3) is 1.77. The molecule has 7 fully saturated rings. The molecule has 0 aromatic heterocycles. The molecule has 31 heavy (non-hydrogen) atoms. The molecule has 7 heteroatoms. The van der Waals surface area contributed by atoms with Gasteiger partial charge in [-0.25, -0.2) is 0 Å². The number of ether oxygens (including phenoxy) is 4. The highest BCUT2D eigenvalue weighted by atomic mass is 16.6. The molecule has 0 aromatic rings. The van der Waals surface area contributed by atoms with Crippen LogP contribution in [0.4, 0.5) is 0 Å². The number of ketones is 1. The standard InChI is InChI=1S/C24H30O7/c1-20-11-15-24(29-15)17(13(20)4-8-22(20)9-6-16(26)30-22)12(19(27)28-3)10-23-18(31-23)14(25)5-7-21(23,24)2/h12-13,15,17-18H,4-11H2,1-3H3/t12?,13?,15-,17?,18-,20+,21+,22-,23?,24-/m1/s1. The van der Waals surface area contributed by atoms with Gasteiger partial charge < -0.3 is 18.9 Å². The van der Waals surface area contributed by atoms with Crippen molar-refractivity contribution in [3.63, 3.8) is 0 Å². The summed E-state index contributed by atoms with van der Waals surface area (Å²) in [6.07, 6.45) is 5.22. The zero-order chi connectivity index (χ0) is 21.6. The Balaban J connectivity index is 1.37. The van der Waals surface area contributed by atoms with Gasteiger partial charge in [-0.1, -0.05) is 13.8 Å². The van der Waals surface area contributed by atoms with Crippen LogP contribution >= 0.6 is 0 Å². The third-order valence-electron chi connectivity index (χ3n) is 11.2. The highest BCUT2D eigenvalue weighted by molar-refractivity contribution is 5.89. The van der Waals surface area contributed by atoms with Gasteiger partial charge in [-0.2, -0.15) is 0 Å². The molecular formula is C24H30O7. The summed E-state index contributed by atoms with van der Waals surface area (Å²) in [5.41, 5.74) is -2.00.